The van der Waals surface area contributed by atoms with Crippen LogP contribution in [0.25, 0.3) is 10.9 Å². The summed E-state index contributed by atoms with van der Waals surface area (Å²) in [5, 5.41) is 5.41. The lowest BCUT2D eigenvalue weighted by atomic mass is 10.1. The standard InChI is InChI=1S/C26H25ClN4O/c27-20-7-5-19(6-8-20)18-29-26-17-25(23-3-1-2-4-24(23)30-26)31-15-11-22(12-16-31)32-21-9-13-28-14-10-21/h1-10,13-14,17,22H,11-12,15-16,18H2,(H,29,30). The summed E-state index contributed by atoms with van der Waals surface area (Å²) >= 11 is 6.01. The molecule has 0 unspecified atom stereocenters. The third kappa shape index (κ3) is 4.78. The number of nitrogens with one attached hydrogen (secondary N) is 1. The summed E-state index contributed by atoms with van der Waals surface area (Å²) in [6.45, 7) is 2.59. The highest BCUT2D eigenvalue weighted by Crippen LogP contribution is 2.31. The second kappa shape index (κ2) is 9.45. The van der Waals surface area contributed by atoms with Gasteiger partial charge in [0.05, 0.1) is 5.52 Å². The number of anilines is 2. The normalized spacial score (nSPS) is 14.5. The zero-order valence-electron chi connectivity index (χ0n) is 17.7. The quantitative estimate of drug-likeness (QED) is 0.398. The van der Waals surface area contributed by atoms with Crippen molar-refractivity contribution in [3.63, 3.8) is 0 Å². The largest absolute Gasteiger partial charge is 0.490 e. The second-order valence-corrected chi connectivity index (χ2v) is 8.45. The minimum atomic E-state index is 0.226. The Bertz CT molecular complexity index is 1180. The molecule has 162 valence electrons. The molecule has 1 aliphatic rings. The number of hydrogen-bond acceptors (Lipinski definition) is 5. The van der Waals surface area contributed by atoms with Crippen LogP contribution in [0.3, 0.4) is 0 Å². The van der Waals surface area contributed by atoms with E-state index in [-0.39, 0.29) is 6.10 Å². The maximum atomic E-state index is 6.15. The van der Waals surface area contributed by atoms with Crippen LogP contribution < -0.4 is 15.0 Å². The summed E-state index contributed by atoms with van der Waals surface area (Å²) < 4.78 is 6.15. The van der Waals surface area contributed by atoms with E-state index in [9.17, 15) is 0 Å². The first-order valence-electron chi connectivity index (χ1n) is 10.9. The van der Waals surface area contributed by atoms with Crippen molar-refractivity contribution in [2.45, 2.75) is 25.5 Å². The summed E-state index contributed by atoms with van der Waals surface area (Å²) in [5.74, 6) is 1.77. The number of ether oxygens (including phenoxy) is 1. The summed E-state index contributed by atoms with van der Waals surface area (Å²) in [6, 6.07) is 22.2. The van der Waals surface area contributed by atoms with Gasteiger partial charge in [-0.05, 0) is 35.9 Å². The van der Waals surface area contributed by atoms with Crippen molar-refractivity contribution in [2.75, 3.05) is 23.3 Å². The number of rotatable bonds is 6. The molecule has 1 saturated heterocycles. The summed E-state index contributed by atoms with van der Waals surface area (Å²) in [6.07, 6.45) is 5.72. The van der Waals surface area contributed by atoms with Crippen LogP contribution in [0, 0.1) is 0 Å². The second-order valence-electron chi connectivity index (χ2n) is 8.01. The average molecular weight is 445 g/mol. The number of para-hydroxylation sites is 1. The van der Waals surface area contributed by atoms with Gasteiger partial charge in [-0.2, -0.15) is 0 Å². The highest BCUT2D eigenvalue weighted by molar-refractivity contribution is 6.30. The van der Waals surface area contributed by atoms with Crippen LogP contribution in [0.2, 0.25) is 5.02 Å². The van der Waals surface area contributed by atoms with Crippen LogP contribution in [-0.2, 0) is 6.54 Å². The molecular weight excluding hydrogens is 420 g/mol. The molecule has 0 aliphatic carbocycles. The van der Waals surface area contributed by atoms with Crippen molar-refractivity contribution in [1.29, 1.82) is 0 Å². The Morgan fingerprint density at radius 3 is 2.50 bits per heavy atom. The van der Waals surface area contributed by atoms with Crippen molar-refractivity contribution in [3.05, 3.63) is 89.7 Å². The van der Waals surface area contributed by atoms with Gasteiger partial charge in [-0.25, -0.2) is 4.98 Å². The maximum Gasteiger partial charge on any atom is 0.129 e. The van der Waals surface area contributed by atoms with Crippen LogP contribution in [0.15, 0.2) is 79.1 Å². The van der Waals surface area contributed by atoms with Gasteiger partial charge in [0, 0.05) is 67.0 Å². The molecule has 0 radical (unpaired) electrons. The predicted octanol–water partition coefficient (Wildman–Crippen LogP) is 5.94. The molecule has 3 heterocycles. The smallest absolute Gasteiger partial charge is 0.129 e. The Kier molecular flexibility index (Phi) is 6.08. The van der Waals surface area contributed by atoms with E-state index in [4.69, 9.17) is 21.3 Å². The average Bonchev–Trinajstić information content (AvgIpc) is 2.84. The molecule has 5 rings (SSSR count). The van der Waals surface area contributed by atoms with Crippen LogP contribution >= 0.6 is 11.6 Å². The molecule has 5 nitrogen and oxygen atoms in total. The zero-order valence-corrected chi connectivity index (χ0v) is 18.5. The number of pyridine rings is 2. The van der Waals surface area contributed by atoms with Crippen molar-refractivity contribution < 1.29 is 4.74 Å². The fourth-order valence-corrected chi connectivity index (χ4v) is 4.25. The maximum absolute atomic E-state index is 6.15. The molecule has 2 aromatic carbocycles. The van der Waals surface area contributed by atoms with Crippen molar-refractivity contribution in [1.82, 2.24) is 9.97 Å². The van der Waals surface area contributed by atoms with Crippen LogP contribution in [0.1, 0.15) is 18.4 Å². The number of fused-ring (bicyclic) bond motifs is 1. The van der Waals surface area contributed by atoms with Crippen LogP contribution in [0.4, 0.5) is 11.5 Å². The first-order chi connectivity index (χ1) is 15.7. The van der Waals surface area contributed by atoms with Crippen LogP contribution in [0.5, 0.6) is 5.75 Å². The van der Waals surface area contributed by atoms with Gasteiger partial charge in [-0.3, -0.25) is 4.98 Å². The number of nitrogens with zero attached hydrogens (tertiary/aromatic N) is 3. The molecule has 1 aliphatic heterocycles. The summed E-state index contributed by atoms with van der Waals surface area (Å²) in [5.41, 5.74) is 3.38. The van der Waals surface area contributed by atoms with E-state index in [1.165, 1.54) is 16.6 Å². The lowest BCUT2D eigenvalue weighted by Gasteiger charge is -2.34. The van der Waals surface area contributed by atoms with E-state index >= 15 is 0 Å². The molecule has 4 aromatic rings. The number of hydrogen-bond donors (Lipinski definition) is 1. The number of halogens is 1. The van der Waals surface area contributed by atoms with E-state index in [1.54, 1.807) is 12.4 Å². The third-order valence-corrected chi connectivity index (χ3v) is 6.07. The van der Waals surface area contributed by atoms with E-state index < -0.39 is 0 Å². The van der Waals surface area contributed by atoms with Gasteiger partial charge in [0.2, 0.25) is 0 Å². The highest BCUT2D eigenvalue weighted by Gasteiger charge is 2.22. The number of benzene rings is 2. The Morgan fingerprint density at radius 1 is 0.969 bits per heavy atom. The monoisotopic (exact) mass is 444 g/mol. The lowest BCUT2D eigenvalue weighted by molar-refractivity contribution is 0.171. The third-order valence-electron chi connectivity index (χ3n) is 5.82. The van der Waals surface area contributed by atoms with E-state index in [2.05, 4.69) is 39.5 Å². The Morgan fingerprint density at radius 2 is 1.72 bits per heavy atom. The first kappa shape index (κ1) is 20.6. The topological polar surface area (TPSA) is 50.3 Å². The SMILES string of the molecule is Clc1ccc(CNc2cc(N3CCC(Oc4ccncc4)CC3)c3ccccc3n2)cc1. The Hall–Kier alpha value is -3.31. The van der Waals surface area contributed by atoms with Gasteiger partial charge in [-0.1, -0.05) is 41.9 Å². The highest BCUT2D eigenvalue weighted by atomic mass is 35.5. The fourth-order valence-electron chi connectivity index (χ4n) is 4.13. The van der Waals surface area contributed by atoms with E-state index in [0.29, 0.717) is 6.54 Å². The van der Waals surface area contributed by atoms with Crippen molar-refractivity contribution >= 4 is 34.0 Å². The molecule has 1 fully saturated rings. The molecule has 2 aromatic heterocycles. The van der Waals surface area contributed by atoms with Crippen molar-refractivity contribution in [3.8, 4) is 5.75 Å². The van der Waals surface area contributed by atoms with Gasteiger partial charge in [-0.15, -0.1) is 0 Å². The molecule has 1 N–H and O–H groups in total. The van der Waals surface area contributed by atoms with Gasteiger partial charge < -0.3 is 15.0 Å². The molecule has 0 amide bonds. The minimum Gasteiger partial charge on any atom is -0.490 e. The van der Waals surface area contributed by atoms with E-state index in [1.807, 2.05) is 42.5 Å². The Labute approximate surface area is 193 Å². The van der Waals surface area contributed by atoms with Gasteiger partial charge in [0.1, 0.15) is 17.7 Å². The molecule has 6 heteroatoms. The van der Waals surface area contributed by atoms with Gasteiger partial charge >= 0.3 is 0 Å². The van der Waals surface area contributed by atoms with Crippen LogP contribution in [-0.4, -0.2) is 29.2 Å². The van der Waals surface area contributed by atoms with E-state index in [0.717, 1.165) is 48.0 Å². The molecule has 32 heavy (non-hydrogen) atoms. The lowest BCUT2D eigenvalue weighted by Crippen LogP contribution is -2.38. The first-order valence-corrected chi connectivity index (χ1v) is 11.3. The molecular formula is C26H25ClN4O. The van der Waals surface area contributed by atoms with Crippen molar-refractivity contribution in [2.24, 2.45) is 0 Å². The number of aromatic nitrogens is 2. The van der Waals surface area contributed by atoms with Gasteiger partial charge in [0.15, 0.2) is 0 Å². The minimum absolute atomic E-state index is 0.226. The number of piperidine rings is 1. The summed E-state index contributed by atoms with van der Waals surface area (Å²) in [4.78, 5) is 11.3. The zero-order chi connectivity index (χ0) is 21.8. The molecule has 0 saturated carbocycles. The molecule has 0 bridgehead atoms. The Balaban J connectivity index is 1.32. The van der Waals surface area contributed by atoms with Gasteiger partial charge in [0.25, 0.3) is 0 Å². The predicted molar refractivity (Wildman–Crippen MR) is 131 cm³/mol. The summed E-state index contributed by atoms with van der Waals surface area (Å²) in [7, 11) is 0. The molecule has 0 atom stereocenters. The fraction of sp³-hybridized carbons (Fsp3) is 0.231. The molecule has 0 spiro atoms.